The number of nitrogen functional groups attached to an aromatic ring is 1. The van der Waals surface area contributed by atoms with Crippen LogP contribution in [0, 0.1) is 5.41 Å². The Kier molecular flexibility index (Phi) is 7.71. The van der Waals surface area contributed by atoms with Gasteiger partial charge in [-0.2, -0.15) is 18.2 Å². The van der Waals surface area contributed by atoms with E-state index in [1.54, 1.807) is 0 Å². The van der Waals surface area contributed by atoms with Gasteiger partial charge in [-0.25, -0.2) is 4.98 Å². The van der Waals surface area contributed by atoms with E-state index in [0.29, 0.717) is 40.9 Å². The molecule has 2 unspecified atom stereocenters. The fraction of sp³-hybridized carbons (Fsp3) is 0.500. The lowest BCUT2D eigenvalue weighted by atomic mass is 9.69. The first-order chi connectivity index (χ1) is 18.2. The lowest BCUT2D eigenvalue weighted by Crippen LogP contribution is -2.37. The molecular weight excluding hydrogens is 517 g/mol. The number of rotatable bonds is 6. The number of nitrogens with zero attached hydrogens (tertiary/aromatic N) is 2. The fourth-order valence-corrected chi connectivity index (χ4v) is 6.20. The molecule has 0 amide bonds. The zero-order valence-electron chi connectivity index (χ0n) is 21.3. The zero-order valence-corrected chi connectivity index (χ0v) is 22.0. The van der Waals surface area contributed by atoms with Crippen LogP contribution in [0.25, 0.3) is 11.1 Å². The third-order valence-electron chi connectivity index (χ3n) is 7.95. The molecule has 5 rings (SSSR count). The lowest BCUT2D eigenvalue weighted by molar-refractivity contribution is -0.198. The molecule has 1 saturated heterocycles. The van der Waals surface area contributed by atoms with Crippen LogP contribution in [-0.2, 0) is 4.74 Å². The van der Waals surface area contributed by atoms with Crippen molar-refractivity contribution in [3.63, 3.8) is 0 Å². The Bertz CT molecular complexity index is 1250. The zero-order chi connectivity index (χ0) is 26.9. The molecule has 1 fully saturated rings. The summed E-state index contributed by atoms with van der Waals surface area (Å²) in [5, 5.41) is 3.93. The van der Waals surface area contributed by atoms with Crippen LogP contribution in [0.3, 0.4) is 0 Å². The molecule has 1 aliphatic carbocycles. The summed E-state index contributed by atoms with van der Waals surface area (Å²) in [5.74, 6) is -0.354. The summed E-state index contributed by atoms with van der Waals surface area (Å²) in [7, 11) is 0. The number of nitrogens with one attached hydrogen (secondary N) is 1. The van der Waals surface area contributed by atoms with Gasteiger partial charge in [0.1, 0.15) is 0 Å². The summed E-state index contributed by atoms with van der Waals surface area (Å²) in [4.78, 5) is 8.34. The van der Waals surface area contributed by atoms with E-state index in [0.717, 1.165) is 44.2 Å². The van der Waals surface area contributed by atoms with E-state index in [1.807, 2.05) is 6.08 Å². The molecule has 1 spiro atoms. The van der Waals surface area contributed by atoms with Crippen molar-refractivity contribution in [2.45, 2.75) is 63.8 Å². The number of anilines is 1. The fourth-order valence-electron chi connectivity index (χ4n) is 6.03. The Balaban J connectivity index is 1.45. The first-order valence-electron chi connectivity index (χ1n) is 13.1. The summed E-state index contributed by atoms with van der Waals surface area (Å²) < 4.78 is 54.4. The van der Waals surface area contributed by atoms with Crippen molar-refractivity contribution in [3.05, 3.63) is 58.3 Å². The summed E-state index contributed by atoms with van der Waals surface area (Å²) in [6, 6.07) is 6.22. The van der Waals surface area contributed by atoms with E-state index in [-0.39, 0.29) is 29.4 Å². The number of hydrogen-bond acceptors (Lipinski definition) is 6. The Morgan fingerprint density at radius 3 is 2.74 bits per heavy atom. The Hall–Kier alpha value is -2.62. The Labute approximate surface area is 225 Å². The average Bonchev–Trinajstić information content (AvgIpc) is 3.29. The number of nitrogens with two attached hydrogens (primary N) is 1. The molecule has 0 radical (unpaired) electrons. The Morgan fingerprint density at radius 2 is 2.05 bits per heavy atom. The van der Waals surface area contributed by atoms with Gasteiger partial charge in [0, 0.05) is 22.7 Å². The van der Waals surface area contributed by atoms with Crippen LogP contribution in [0.2, 0.25) is 5.02 Å². The minimum atomic E-state index is -4.72. The van der Waals surface area contributed by atoms with E-state index < -0.39 is 12.3 Å². The van der Waals surface area contributed by atoms with Gasteiger partial charge in [0.25, 0.3) is 0 Å². The van der Waals surface area contributed by atoms with Gasteiger partial charge in [0.15, 0.2) is 0 Å². The third-order valence-corrected chi connectivity index (χ3v) is 8.18. The van der Waals surface area contributed by atoms with Gasteiger partial charge in [-0.3, -0.25) is 0 Å². The first kappa shape index (κ1) is 27.0. The highest BCUT2D eigenvalue weighted by atomic mass is 35.5. The molecule has 6 nitrogen and oxygen atoms in total. The molecule has 3 heterocycles. The first-order valence-corrected chi connectivity index (χ1v) is 13.4. The van der Waals surface area contributed by atoms with Gasteiger partial charge in [0.2, 0.25) is 17.9 Å². The topological polar surface area (TPSA) is 82.3 Å². The van der Waals surface area contributed by atoms with Gasteiger partial charge >= 0.3 is 6.18 Å². The second-order valence-electron chi connectivity index (χ2n) is 10.3. The summed E-state index contributed by atoms with van der Waals surface area (Å²) >= 11 is 6.17. The van der Waals surface area contributed by atoms with Gasteiger partial charge in [-0.05, 0) is 79.3 Å². The summed E-state index contributed by atoms with van der Waals surface area (Å²) in [6.07, 6.45) is 2.46. The predicted octanol–water partition coefficient (Wildman–Crippen LogP) is 6.52. The third kappa shape index (κ3) is 5.55. The summed E-state index contributed by atoms with van der Waals surface area (Å²) in [5.41, 5.74) is 8.56. The maximum Gasteiger partial charge on any atom is 0.429 e. The molecule has 1 aromatic carbocycles. The van der Waals surface area contributed by atoms with E-state index in [1.165, 1.54) is 24.3 Å². The van der Waals surface area contributed by atoms with Crippen molar-refractivity contribution in [1.29, 1.82) is 0 Å². The number of halogens is 4. The highest BCUT2D eigenvalue weighted by Crippen LogP contribution is 2.47. The van der Waals surface area contributed by atoms with Crippen LogP contribution in [0.1, 0.15) is 68.4 Å². The van der Waals surface area contributed by atoms with Gasteiger partial charge < -0.3 is 20.5 Å². The van der Waals surface area contributed by atoms with Crippen molar-refractivity contribution in [2.24, 2.45) is 5.41 Å². The second-order valence-corrected chi connectivity index (χ2v) is 10.7. The molecule has 3 N–H and O–H groups in total. The van der Waals surface area contributed by atoms with E-state index in [4.69, 9.17) is 26.8 Å². The largest absolute Gasteiger partial charge is 0.460 e. The van der Waals surface area contributed by atoms with E-state index >= 15 is 0 Å². The van der Waals surface area contributed by atoms with Crippen molar-refractivity contribution in [2.75, 3.05) is 25.5 Å². The maximum atomic E-state index is 14.4. The number of benzene rings is 1. The molecule has 0 saturated carbocycles. The monoisotopic (exact) mass is 548 g/mol. The number of alkyl halides is 3. The number of aromatic nitrogens is 2. The highest BCUT2D eigenvalue weighted by Gasteiger charge is 2.45. The molecule has 2 aliphatic heterocycles. The molecule has 1 aromatic heterocycles. The van der Waals surface area contributed by atoms with Crippen molar-refractivity contribution in [1.82, 2.24) is 15.3 Å². The van der Waals surface area contributed by atoms with Crippen LogP contribution in [0.5, 0.6) is 5.88 Å². The SMILES string of the molecule is CCC1NCCC12CC=C(c1cc(O[C@H](c3ccc(Cl)cc3C3=CCCOC3)C(F)(F)F)nc(N)n1)CC2. The Morgan fingerprint density at radius 1 is 1.21 bits per heavy atom. The van der Waals surface area contributed by atoms with E-state index in [2.05, 4.69) is 28.3 Å². The van der Waals surface area contributed by atoms with Crippen LogP contribution in [0.15, 0.2) is 36.4 Å². The predicted molar refractivity (Wildman–Crippen MR) is 142 cm³/mol. The standard InChI is InChI=1S/C28H32ClF3N4O2/c1-2-23-27(11-12-34-23)9-7-17(8-10-27)22-15-24(36-26(33)35-22)38-25(28(30,31)32)20-6-5-19(29)14-21(20)18-4-3-13-37-16-18/h4-7,14-15,23,25,34H,2-3,8-13,16H2,1H3,(H2,33,35,36)/t23?,25-,27?/m1/s1. The van der Waals surface area contributed by atoms with Crippen molar-refractivity contribution >= 4 is 28.7 Å². The van der Waals surface area contributed by atoms with Crippen molar-refractivity contribution < 1.29 is 22.6 Å². The van der Waals surface area contributed by atoms with Crippen LogP contribution in [-0.4, -0.2) is 41.9 Å². The molecule has 10 heteroatoms. The quantitative estimate of drug-likeness (QED) is 0.427. The highest BCUT2D eigenvalue weighted by molar-refractivity contribution is 6.30. The van der Waals surface area contributed by atoms with E-state index in [9.17, 15) is 13.2 Å². The maximum absolute atomic E-state index is 14.4. The normalized spacial score (nSPS) is 24.7. The minimum absolute atomic E-state index is 0.0597. The lowest BCUT2D eigenvalue weighted by Gasteiger charge is -2.37. The molecule has 3 aliphatic rings. The minimum Gasteiger partial charge on any atom is -0.460 e. The number of allylic oxidation sites excluding steroid dienone is 2. The van der Waals surface area contributed by atoms with Gasteiger partial charge in [-0.1, -0.05) is 36.7 Å². The summed E-state index contributed by atoms with van der Waals surface area (Å²) in [6.45, 7) is 3.93. The molecule has 38 heavy (non-hydrogen) atoms. The number of hydrogen-bond donors (Lipinski definition) is 2. The van der Waals surface area contributed by atoms with Crippen LogP contribution >= 0.6 is 11.6 Å². The molecule has 204 valence electrons. The molecule has 2 aromatic rings. The van der Waals surface area contributed by atoms with Crippen molar-refractivity contribution in [3.8, 4) is 5.88 Å². The van der Waals surface area contributed by atoms with Gasteiger partial charge in [-0.15, -0.1) is 0 Å². The smallest absolute Gasteiger partial charge is 0.429 e. The van der Waals surface area contributed by atoms with Gasteiger partial charge in [0.05, 0.1) is 18.9 Å². The average molecular weight is 549 g/mol. The molecule has 3 atom stereocenters. The van der Waals surface area contributed by atoms with Crippen LogP contribution < -0.4 is 15.8 Å². The molecule has 0 bridgehead atoms. The van der Waals surface area contributed by atoms with Crippen LogP contribution in [0.4, 0.5) is 19.1 Å². The molecular formula is C28H32ClF3N4O2. The number of ether oxygens (including phenoxy) is 2. The second kappa shape index (κ2) is 10.9.